The van der Waals surface area contributed by atoms with Crippen molar-refractivity contribution in [3.8, 4) is 0 Å². The van der Waals surface area contributed by atoms with Gasteiger partial charge in [0, 0.05) is 34.7 Å². The number of aromatic amines is 1. The number of hydrogen-bond acceptors (Lipinski definition) is 18. The second-order valence-corrected chi connectivity index (χ2v) is 17.5. The quantitative estimate of drug-likeness (QED) is 0.109. The molecule has 2 saturated heterocycles. The van der Waals surface area contributed by atoms with Crippen molar-refractivity contribution in [2.45, 2.75) is 140 Å². The molecule has 11 atom stereocenters. The first-order valence-corrected chi connectivity index (χ1v) is 22.6. The van der Waals surface area contributed by atoms with Gasteiger partial charge in [-0.25, -0.2) is 9.98 Å². The van der Waals surface area contributed by atoms with E-state index in [1.807, 2.05) is 39.0 Å². The lowest BCUT2D eigenvalue weighted by Crippen LogP contribution is -2.61. The highest BCUT2D eigenvalue weighted by Gasteiger charge is 2.43. The van der Waals surface area contributed by atoms with Crippen LogP contribution in [0.5, 0.6) is 0 Å². The summed E-state index contributed by atoms with van der Waals surface area (Å²) in [6.45, 7) is 12.9. The Morgan fingerprint density at radius 2 is 1.26 bits per heavy atom. The third-order valence-electron chi connectivity index (χ3n) is 13.0. The fraction of sp³-hybridized carbons (Fsp3) is 0.500. The van der Waals surface area contributed by atoms with E-state index >= 15 is 0 Å². The van der Waals surface area contributed by atoms with Gasteiger partial charge in [0.05, 0.1) is 66.3 Å². The number of aliphatic carboxylic acids is 3. The predicted octanol–water partition coefficient (Wildman–Crippen LogP) is -1.84. The van der Waals surface area contributed by atoms with Crippen molar-refractivity contribution in [3.05, 3.63) is 91.0 Å². The number of H-pyrrole nitrogens is 1. The van der Waals surface area contributed by atoms with Crippen LogP contribution in [0.25, 0.3) is 12.2 Å². The first-order valence-electron chi connectivity index (χ1n) is 22.6. The van der Waals surface area contributed by atoms with Crippen molar-refractivity contribution in [2.75, 3.05) is 13.2 Å². The molecular formula is C48H64N6O16. The minimum absolute atomic E-state index is 0.132. The number of hydrogen-bond donors (Lipinski definition) is 14. The van der Waals surface area contributed by atoms with Gasteiger partial charge in [-0.3, -0.25) is 19.4 Å². The summed E-state index contributed by atoms with van der Waals surface area (Å²) in [6.07, 6.45) is -1.79. The van der Waals surface area contributed by atoms with E-state index in [0.717, 1.165) is 56.3 Å². The molecule has 1 aromatic heterocycles. The van der Waals surface area contributed by atoms with Gasteiger partial charge in [-0.1, -0.05) is 19.6 Å². The largest absolute Gasteiger partial charge is 0.481 e. The standard InChI is InChI=1S/C36H38N4O6.2C6H13NO5/c1-7-21-17(3)26-14-28-19(5)23(9-11-32(41)42)35(39-28)25(13-34(45)46)36-24(10-12-33(43)44)20(6)29(40-36)16-31-22(8-2)18(4)27(38-31)15-30(21)37-26;2*7-3-5(10)4(9)2(1-8)12-6(3)11/h7,14-16,26,38H,1,8-13H2,2-6H3,(H,41,42)(H,43,44)(H,45,46);2*2-6,8-11H,1,7H2/b27-15-,28-14-,31-16-,36-25-;;/t;2*2-,3-,4-,5-,6-/m.11/s1. The minimum Gasteiger partial charge on any atom is -0.481 e. The summed E-state index contributed by atoms with van der Waals surface area (Å²) in [5.41, 5.74) is 20.4. The molecule has 7 heterocycles. The van der Waals surface area contributed by atoms with E-state index in [0.29, 0.717) is 39.5 Å². The monoisotopic (exact) mass is 980 g/mol. The van der Waals surface area contributed by atoms with Gasteiger partial charge >= 0.3 is 17.9 Å². The number of carboxylic acid groups (broad SMARTS) is 3. The maximum atomic E-state index is 12.4. The number of rotatable bonds is 12. The average molecular weight is 981 g/mol. The average Bonchev–Trinajstić information content (AvgIpc) is 4.00. The number of aliphatic hydroxyl groups excluding tert-OH is 8. The zero-order chi connectivity index (χ0) is 52.0. The number of aliphatic imine (C=N–C) groups is 3. The van der Waals surface area contributed by atoms with Crippen LogP contribution in [-0.4, -0.2) is 177 Å². The molecule has 7 rings (SSSR count). The summed E-state index contributed by atoms with van der Waals surface area (Å²) in [6, 6.07) is -2.45. The molecule has 1 unspecified atom stereocenters. The summed E-state index contributed by atoms with van der Waals surface area (Å²) in [4.78, 5) is 54.3. The van der Waals surface area contributed by atoms with E-state index in [1.54, 1.807) is 6.08 Å². The number of ether oxygens (including phenoxy) is 2. The van der Waals surface area contributed by atoms with Crippen molar-refractivity contribution < 1.29 is 80.0 Å². The topological polar surface area (TPSA) is 397 Å². The van der Waals surface area contributed by atoms with E-state index in [2.05, 4.69) is 25.4 Å². The maximum absolute atomic E-state index is 12.4. The van der Waals surface area contributed by atoms with Gasteiger partial charge in [0.15, 0.2) is 12.6 Å². The van der Waals surface area contributed by atoms with E-state index in [-0.39, 0.29) is 31.7 Å². The fourth-order valence-electron chi connectivity index (χ4n) is 8.80. The van der Waals surface area contributed by atoms with Crippen LogP contribution >= 0.6 is 0 Å². The summed E-state index contributed by atoms with van der Waals surface area (Å²) in [5.74, 6) is -3.08. The third-order valence-corrected chi connectivity index (χ3v) is 13.0. The van der Waals surface area contributed by atoms with Crippen LogP contribution in [0.3, 0.4) is 0 Å². The molecule has 0 aromatic carbocycles. The Morgan fingerprint density at radius 3 is 1.74 bits per heavy atom. The van der Waals surface area contributed by atoms with Gasteiger partial charge in [0.25, 0.3) is 0 Å². The number of carboxylic acids is 3. The van der Waals surface area contributed by atoms with Crippen LogP contribution in [0.4, 0.5) is 0 Å². The molecule has 0 saturated carbocycles. The van der Waals surface area contributed by atoms with Crippen molar-refractivity contribution in [3.63, 3.8) is 0 Å². The fourth-order valence-corrected chi connectivity index (χ4v) is 8.80. The zero-order valence-corrected chi connectivity index (χ0v) is 39.5. The highest BCUT2D eigenvalue weighted by molar-refractivity contribution is 6.25. The van der Waals surface area contributed by atoms with Crippen LogP contribution in [0.15, 0.2) is 84.1 Å². The van der Waals surface area contributed by atoms with Crippen LogP contribution in [-0.2, 0) is 30.3 Å². The molecule has 70 heavy (non-hydrogen) atoms. The van der Waals surface area contributed by atoms with Crippen molar-refractivity contribution in [2.24, 2.45) is 26.4 Å². The summed E-state index contributed by atoms with van der Waals surface area (Å²) in [5, 5.41) is 103. The number of fused-ring (bicyclic) bond motifs is 5. The molecule has 0 aliphatic carbocycles. The zero-order valence-electron chi connectivity index (χ0n) is 39.5. The van der Waals surface area contributed by atoms with Gasteiger partial charge in [-0.05, 0) is 104 Å². The van der Waals surface area contributed by atoms with Crippen LogP contribution in [0, 0.1) is 6.92 Å². The van der Waals surface area contributed by atoms with Gasteiger partial charge in [-0.2, -0.15) is 0 Å². The molecule has 2 fully saturated rings. The van der Waals surface area contributed by atoms with E-state index < -0.39 is 98.8 Å². The van der Waals surface area contributed by atoms with Gasteiger partial charge in [0.1, 0.15) is 36.6 Å². The molecule has 0 radical (unpaired) electrons. The third kappa shape index (κ3) is 11.9. The molecule has 22 heteroatoms. The van der Waals surface area contributed by atoms with Crippen LogP contribution < -0.4 is 22.2 Å². The second-order valence-electron chi connectivity index (χ2n) is 17.5. The van der Waals surface area contributed by atoms with Gasteiger partial charge in [0.2, 0.25) is 0 Å². The molecule has 1 aromatic rings. The number of aromatic nitrogens is 1. The number of allylic oxidation sites excluding steroid dienone is 6. The highest BCUT2D eigenvalue weighted by atomic mass is 16.6. The molecule has 6 aliphatic rings. The summed E-state index contributed by atoms with van der Waals surface area (Å²) >= 11 is 0. The number of nitrogens with one attached hydrogen (secondary N) is 1. The highest BCUT2D eigenvalue weighted by Crippen LogP contribution is 2.40. The van der Waals surface area contributed by atoms with Crippen molar-refractivity contribution in [1.82, 2.24) is 4.98 Å². The van der Waals surface area contributed by atoms with Gasteiger partial charge < -0.3 is 82.1 Å². The molecule has 8 bridgehead atoms. The molecule has 16 N–H and O–H groups in total. The van der Waals surface area contributed by atoms with E-state index in [1.165, 1.54) is 0 Å². The molecular weight excluding hydrogens is 917 g/mol. The lowest BCUT2D eigenvalue weighted by atomic mass is 9.90. The van der Waals surface area contributed by atoms with E-state index in [4.69, 9.17) is 56.3 Å². The molecule has 382 valence electrons. The molecule has 0 spiro atoms. The smallest absolute Gasteiger partial charge is 0.307 e. The normalized spacial score (nSPS) is 32.2. The van der Waals surface area contributed by atoms with Gasteiger partial charge in [-0.15, -0.1) is 0 Å². The number of carbonyl (C=O) groups is 3. The Balaban J connectivity index is 0.000000308. The Kier molecular flexibility index (Phi) is 18.6. The van der Waals surface area contributed by atoms with Crippen LogP contribution in [0.2, 0.25) is 0 Å². The molecule has 0 amide bonds. The lowest BCUT2D eigenvalue weighted by molar-refractivity contribution is -0.248. The molecule has 22 nitrogen and oxygen atoms in total. The second kappa shape index (κ2) is 23.5. The Labute approximate surface area is 402 Å². The van der Waals surface area contributed by atoms with Crippen molar-refractivity contribution >= 4 is 47.2 Å². The number of aliphatic hydroxyl groups is 8. The Bertz CT molecular complexity index is 2580. The summed E-state index contributed by atoms with van der Waals surface area (Å²) < 4.78 is 9.40. The SMILES string of the molecule is C=CC1=C(C)C2/C=C3N=C(C(CCC(=O)O)=C\3C)/C(CC(=O)O)=C3N=C(/C=c4\[nH]/c(c(C)c4CC)=C\C1=N2)C(C)=C\3CCC(=O)O.N[C@@H]1[C@@H](O)[C@H](O)[C@@H](CO)O[C@H]1O.N[C@@H]1[C@@H](O)[C@H](O)[C@@H](CO)O[C@H]1O. The van der Waals surface area contributed by atoms with Crippen molar-refractivity contribution in [1.29, 1.82) is 0 Å². The molecule has 6 aliphatic heterocycles. The first kappa shape index (κ1) is 55.3. The minimum atomic E-state index is -1.35. The predicted molar refractivity (Wildman–Crippen MR) is 254 cm³/mol. The lowest BCUT2D eigenvalue weighted by Gasteiger charge is -2.38. The Morgan fingerprint density at radius 1 is 0.729 bits per heavy atom. The maximum Gasteiger partial charge on any atom is 0.307 e. The first-order chi connectivity index (χ1) is 33.0. The van der Waals surface area contributed by atoms with Crippen LogP contribution in [0.1, 0.15) is 70.9 Å². The summed E-state index contributed by atoms with van der Waals surface area (Å²) in [7, 11) is 0. The Hall–Kier alpha value is -5.60. The number of nitrogens with zero attached hydrogens (tertiary/aromatic N) is 3. The number of nitrogens with two attached hydrogens (primary N) is 2. The van der Waals surface area contributed by atoms with E-state index in [9.17, 15) is 50.1 Å².